The van der Waals surface area contributed by atoms with Gasteiger partial charge in [-0.05, 0) is 97.0 Å². The molecule has 9 aromatic carbocycles. The lowest BCUT2D eigenvalue weighted by atomic mass is 9.94. The Morgan fingerprint density at radius 3 is 1.47 bits per heavy atom. The molecule has 2 aromatic heterocycles. The van der Waals surface area contributed by atoms with Crippen LogP contribution in [0.2, 0.25) is 0 Å². The van der Waals surface area contributed by atoms with Crippen LogP contribution in [0, 0.1) is 0 Å². The van der Waals surface area contributed by atoms with E-state index < -0.39 is 0 Å². The fraction of sp³-hybridized carbons (Fsp3) is 0. The van der Waals surface area contributed by atoms with Crippen molar-refractivity contribution in [3.05, 3.63) is 194 Å². The zero-order valence-electron chi connectivity index (χ0n) is 29.8. The van der Waals surface area contributed by atoms with Crippen LogP contribution in [-0.4, -0.2) is 9.97 Å². The summed E-state index contributed by atoms with van der Waals surface area (Å²) < 4.78 is 6.58. The zero-order valence-corrected chi connectivity index (χ0v) is 29.8. The first-order valence-electron chi connectivity index (χ1n) is 18.6. The van der Waals surface area contributed by atoms with Crippen LogP contribution in [-0.2, 0) is 0 Å². The van der Waals surface area contributed by atoms with Crippen LogP contribution < -0.4 is 0 Å². The molecule has 0 spiro atoms. The molecule has 0 saturated heterocycles. The Morgan fingerprint density at radius 1 is 0.309 bits per heavy atom. The van der Waals surface area contributed by atoms with Crippen LogP contribution in [0.3, 0.4) is 0 Å². The molecule has 0 radical (unpaired) electrons. The van der Waals surface area contributed by atoms with Gasteiger partial charge in [-0.3, -0.25) is 0 Å². The van der Waals surface area contributed by atoms with E-state index in [0.717, 1.165) is 72.1 Å². The Kier molecular flexibility index (Phi) is 7.17. The minimum atomic E-state index is 0.675. The summed E-state index contributed by atoms with van der Waals surface area (Å²) >= 11 is 0. The summed E-state index contributed by atoms with van der Waals surface area (Å²) in [6, 6.07) is 68.7. The number of hydrogen-bond donors (Lipinski definition) is 0. The van der Waals surface area contributed by atoms with Gasteiger partial charge < -0.3 is 4.42 Å². The lowest BCUT2D eigenvalue weighted by Gasteiger charge is -2.13. The van der Waals surface area contributed by atoms with Crippen LogP contribution in [0.1, 0.15) is 0 Å². The minimum Gasteiger partial charge on any atom is -0.456 e. The normalized spacial score (nSPS) is 11.6. The maximum Gasteiger partial charge on any atom is 0.160 e. The van der Waals surface area contributed by atoms with Crippen LogP contribution in [0.5, 0.6) is 0 Å². The predicted octanol–water partition coefficient (Wildman–Crippen LogP) is 14.2. The molecule has 11 aromatic rings. The Hall–Kier alpha value is -7.36. The number of furan rings is 1. The molecule has 3 heteroatoms. The van der Waals surface area contributed by atoms with Gasteiger partial charge in [0, 0.05) is 27.5 Å². The third-order valence-corrected chi connectivity index (χ3v) is 10.8. The lowest BCUT2D eigenvalue weighted by Crippen LogP contribution is -1.96. The molecule has 11 rings (SSSR count). The van der Waals surface area contributed by atoms with Gasteiger partial charge in [-0.1, -0.05) is 152 Å². The molecular formula is C52H32N2O. The SMILES string of the molecule is c1ccc2cc(-c3ccc(-c4cc(-c5cc(-c6ccc7ccccc7c6)c6c(c5)oc5ccccc56)nc(-c5ccc6ccccc6c5)n4)cc3)ccc2c1. The van der Waals surface area contributed by atoms with Crippen LogP contribution in [0.15, 0.2) is 199 Å². The van der Waals surface area contributed by atoms with Gasteiger partial charge in [-0.25, -0.2) is 9.97 Å². The third kappa shape index (κ3) is 5.53. The Morgan fingerprint density at radius 2 is 0.800 bits per heavy atom. The molecule has 0 aliphatic carbocycles. The number of hydrogen-bond acceptors (Lipinski definition) is 3. The number of benzene rings is 9. The second kappa shape index (κ2) is 12.6. The van der Waals surface area contributed by atoms with Crippen molar-refractivity contribution < 1.29 is 4.42 Å². The van der Waals surface area contributed by atoms with E-state index in [0.29, 0.717) is 5.82 Å². The number of fused-ring (bicyclic) bond motifs is 6. The van der Waals surface area contributed by atoms with E-state index in [9.17, 15) is 0 Å². The summed E-state index contributed by atoms with van der Waals surface area (Å²) in [6.07, 6.45) is 0. The predicted molar refractivity (Wildman–Crippen MR) is 229 cm³/mol. The first-order chi connectivity index (χ1) is 27.2. The largest absolute Gasteiger partial charge is 0.456 e. The molecule has 0 N–H and O–H groups in total. The van der Waals surface area contributed by atoms with Gasteiger partial charge in [0.05, 0.1) is 11.4 Å². The van der Waals surface area contributed by atoms with Crippen LogP contribution in [0.25, 0.3) is 110 Å². The molecule has 0 unspecified atom stereocenters. The maximum absolute atomic E-state index is 6.58. The number of rotatable bonds is 5. The molecule has 256 valence electrons. The molecule has 0 aliphatic heterocycles. The van der Waals surface area contributed by atoms with Crippen molar-refractivity contribution in [3.8, 4) is 56.2 Å². The van der Waals surface area contributed by atoms with Crippen molar-refractivity contribution in [1.29, 1.82) is 0 Å². The molecule has 0 fully saturated rings. The molecular weight excluding hydrogens is 669 g/mol. The second-order valence-electron chi connectivity index (χ2n) is 14.2. The Balaban J connectivity index is 1.10. The fourth-order valence-corrected chi connectivity index (χ4v) is 7.99. The summed E-state index contributed by atoms with van der Waals surface area (Å²) in [6.45, 7) is 0. The average Bonchev–Trinajstić information content (AvgIpc) is 3.64. The van der Waals surface area contributed by atoms with E-state index in [1.165, 1.54) is 32.5 Å². The Bertz CT molecular complexity index is 3270. The van der Waals surface area contributed by atoms with Gasteiger partial charge in [0.1, 0.15) is 11.2 Å². The van der Waals surface area contributed by atoms with Crippen molar-refractivity contribution in [2.75, 3.05) is 0 Å². The van der Waals surface area contributed by atoms with Crippen molar-refractivity contribution in [2.24, 2.45) is 0 Å². The van der Waals surface area contributed by atoms with E-state index >= 15 is 0 Å². The van der Waals surface area contributed by atoms with E-state index in [1.807, 2.05) is 12.1 Å². The van der Waals surface area contributed by atoms with Crippen LogP contribution >= 0.6 is 0 Å². The van der Waals surface area contributed by atoms with Crippen molar-refractivity contribution in [1.82, 2.24) is 9.97 Å². The number of nitrogens with zero attached hydrogens (tertiary/aromatic N) is 2. The minimum absolute atomic E-state index is 0.675. The average molecular weight is 701 g/mol. The number of para-hydroxylation sites is 1. The summed E-state index contributed by atoms with van der Waals surface area (Å²) in [5, 5.41) is 9.40. The van der Waals surface area contributed by atoms with Gasteiger partial charge in [-0.2, -0.15) is 0 Å². The summed E-state index contributed by atoms with van der Waals surface area (Å²) in [5.74, 6) is 0.675. The second-order valence-corrected chi connectivity index (χ2v) is 14.2. The standard InChI is InChI=1S/C52H32N2O/c1-4-12-38-27-41(24-19-33(38)9-1)36-17-22-37(23-18-36)47-32-48(54-52(53-47)43-26-21-35-11-3-6-14-40(35)29-43)44-30-46(42-25-20-34-10-2-5-13-39(34)28-42)51-45-15-7-8-16-49(45)55-50(51)31-44/h1-32H. The molecule has 0 saturated carbocycles. The molecule has 0 bridgehead atoms. The van der Waals surface area contributed by atoms with Gasteiger partial charge in [-0.15, -0.1) is 0 Å². The van der Waals surface area contributed by atoms with E-state index in [-0.39, 0.29) is 0 Å². The molecule has 2 heterocycles. The monoisotopic (exact) mass is 700 g/mol. The van der Waals surface area contributed by atoms with Gasteiger partial charge in [0.25, 0.3) is 0 Å². The smallest absolute Gasteiger partial charge is 0.160 e. The van der Waals surface area contributed by atoms with E-state index in [2.05, 4.69) is 182 Å². The first-order valence-corrected chi connectivity index (χ1v) is 18.6. The van der Waals surface area contributed by atoms with Crippen molar-refractivity contribution in [3.63, 3.8) is 0 Å². The maximum atomic E-state index is 6.58. The molecule has 3 nitrogen and oxygen atoms in total. The highest BCUT2D eigenvalue weighted by atomic mass is 16.3. The Labute approximate surface area is 317 Å². The highest BCUT2D eigenvalue weighted by Crippen LogP contribution is 2.41. The molecule has 55 heavy (non-hydrogen) atoms. The zero-order chi connectivity index (χ0) is 36.3. The fourth-order valence-electron chi connectivity index (χ4n) is 7.99. The molecule has 0 amide bonds. The van der Waals surface area contributed by atoms with Crippen molar-refractivity contribution >= 4 is 54.3 Å². The summed E-state index contributed by atoms with van der Waals surface area (Å²) in [7, 11) is 0. The van der Waals surface area contributed by atoms with Gasteiger partial charge in [0.15, 0.2) is 5.82 Å². The highest BCUT2D eigenvalue weighted by Gasteiger charge is 2.18. The topological polar surface area (TPSA) is 38.9 Å². The summed E-state index contributed by atoms with van der Waals surface area (Å²) in [4.78, 5) is 10.5. The summed E-state index contributed by atoms with van der Waals surface area (Å²) in [5.41, 5.74) is 10.9. The lowest BCUT2D eigenvalue weighted by molar-refractivity contribution is 0.669. The van der Waals surface area contributed by atoms with Gasteiger partial charge in [0.2, 0.25) is 0 Å². The highest BCUT2D eigenvalue weighted by molar-refractivity contribution is 6.14. The molecule has 0 aliphatic rings. The molecule has 0 atom stereocenters. The van der Waals surface area contributed by atoms with E-state index in [1.54, 1.807) is 0 Å². The van der Waals surface area contributed by atoms with Gasteiger partial charge >= 0.3 is 0 Å². The van der Waals surface area contributed by atoms with Crippen molar-refractivity contribution in [2.45, 2.75) is 0 Å². The quantitative estimate of drug-likeness (QED) is 0.179. The van der Waals surface area contributed by atoms with E-state index in [4.69, 9.17) is 14.4 Å². The first kappa shape index (κ1) is 31.2. The number of aromatic nitrogens is 2. The van der Waals surface area contributed by atoms with Crippen LogP contribution in [0.4, 0.5) is 0 Å². The third-order valence-electron chi connectivity index (χ3n) is 10.8.